The van der Waals surface area contributed by atoms with Crippen molar-refractivity contribution < 1.29 is 13.9 Å². The van der Waals surface area contributed by atoms with Crippen LogP contribution in [0.1, 0.15) is 28.3 Å². The van der Waals surface area contributed by atoms with E-state index in [0.29, 0.717) is 5.56 Å². The first-order chi connectivity index (χ1) is 10.1. The predicted molar refractivity (Wildman–Crippen MR) is 78.1 cm³/mol. The summed E-state index contributed by atoms with van der Waals surface area (Å²) in [4.78, 5) is 0. The Morgan fingerprint density at radius 2 is 2.00 bits per heavy atom. The summed E-state index contributed by atoms with van der Waals surface area (Å²) in [7, 11) is 0. The summed E-state index contributed by atoms with van der Waals surface area (Å²) in [5, 5.41) is 12.7. The van der Waals surface area contributed by atoms with Gasteiger partial charge in [-0.25, -0.2) is 8.78 Å². The Labute approximate surface area is 121 Å². The summed E-state index contributed by atoms with van der Waals surface area (Å²) in [6, 6.07) is 8.68. The van der Waals surface area contributed by atoms with Gasteiger partial charge in [-0.05, 0) is 29.2 Å². The van der Waals surface area contributed by atoms with Gasteiger partial charge in [0.25, 0.3) is 0 Å². The zero-order valence-electron chi connectivity index (χ0n) is 11.4. The minimum absolute atomic E-state index is 0.128. The first kappa shape index (κ1) is 13.8. The Kier molecular flexibility index (Phi) is 3.47. The second-order valence-electron chi connectivity index (χ2n) is 5.06. The molecule has 0 amide bonds. The highest BCUT2D eigenvalue weighted by Gasteiger charge is 2.26. The number of benzene rings is 2. The predicted octanol–water partition coefficient (Wildman–Crippen LogP) is 3.55. The van der Waals surface area contributed by atoms with Crippen molar-refractivity contribution in [3.05, 3.63) is 70.8 Å². The fourth-order valence-corrected chi connectivity index (χ4v) is 2.87. The van der Waals surface area contributed by atoms with E-state index in [1.807, 2.05) is 24.3 Å². The average molecular weight is 287 g/mol. The van der Waals surface area contributed by atoms with E-state index in [1.165, 1.54) is 12.1 Å². The van der Waals surface area contributed by atoms with Gasteiger partial charge in [0.05, 0.1) is 6.04 Å². The van der Waals surface area contributed by atoms with Crippen LogP contribution < -0.4 is 5.32 Å². The molecule has 0 aliphatic carbocycles. The summed E-state index contributed by atoms with van der Waals surface area (Å²) in [5.74, 6) is -2.89. The van der Waals surface area contributed by atoms with Gasteiger partial charge in [0.1, 0.15) is 0 Å². The topological polar surface area (TPSA) is 32.3 Å². The van der Waals surface area contributed by atoms with E-state index < -0.39 is 17.4 Å². The zero-order valence-corrected chi connectivity index (χ0v) is 11.4. The number of hydrogen-bond acceptors (Lipinski definition) is 2. The molecule has 1 heterocycles. The highest BCUT2D eigenvalue weighted by Crippen LogP contribution is 2.35. The Hall–Kier alpha value is -2.20. The maximum Gasteiger partial charge on any atom is 0.188 e. The highest BCUT2D eigenvalue weighted by atomic mass is 19.1. The van der Waals surface area contributed by atoms with E-state index in [2.05, 4.69) is 11.9 Å². The lowest BCUT2D eigenvalue weighted by Crippen LogP contribution is -2.31. The van der Waals surface area contributed by atoms with Crippen molar-refractivity contribution >= 4 is 6.08 Å². The maximum absolute atomic E-state index is 14.1. The fourth-order valence-electron chi connectivity index (χ4n) is 2.87. The van der Waals surface area contributed by atoms with E-state index in [-0.39, 0.29) is 11.6 Å². The number of phenolic OH excluding ortho intramolecular Hbond substituents is 1. The Bertz CT molecular complexity index is 712. The molecule has 0 bridgehead atoms. The van der Waals surface area contributed by atoms with Crippen LogP contribution in [0.4, 0.5) is 8.78 Å². The number of nitrogens with one attached hydrogen (secondary N) is 1. The van der Waals surface area contributed by atoms with Gasteiger partial charge in [-0.15, -0.1) is 0 Å². The van der Waals surface area contributed by atoms with Gasteiger partial charge in [0.15, 0.2) is 17.4 Å². The smallest absolute Gasteiger partial charge is 0.188 e. The quantitative estimate of drug-likeness (QED) is 0.885. The Morgan fingerprint density at radius 3 is 2.76 bits per heavy atom. The zero-order chi connectivity index (χ0) is 15.0. The van der Waals surface area contributed by atoms with Crippen LogP contribution in [-0.2, 0) is 6.42 Å². The summed E-state index contributed by atoms with van der Waals surface area (Å²) in [6.45, 7) is 4.30. The normalized spacial score (nSPS) is 17.3. The molecule has 2 N–H and O–H groups in total. The number of halogens is 2. The number of fused-ring (bicyclic) bond motifs is 1. The molecule has 108 valence electrons. The van der Waals surface area contributed by atoms with Crippen molar-refractivity contribution in [1.82, 2.24) is 5.32 Å². The molecule has 21 heavy (non-hydrogen) atoms. The summed E-state index contributed by atoms with van der Waals surface area (Å²) in [6.07, 6.45) is 2.18. The second-order valence-corrected chi connectivity index (χ2v) is 5.06. The molecule has 4 heteroatoms. The second kappa shape index (κ2) is 5.30. The molecule has 3 rings (SSSR count). The molecular formula is C17H15F2NO. The third kappa shape index (κ3) is 2.21. The third-order valence-electron chi connectivity index (χ3n) is 3.89. The van der Waals surface area contributed by atoms with Crippen LogP contribution in [0.25, 0.3) is 6.08 Å². The number of aromatic hydroxyl groups is 1. The summed E-state index contributed by atoms with van der Waals surface area (Å²) < 4.78 is 27.8. The Balaban J connectivity index is 2.20. The van der Waals surface area contributed by atoms with Crippen LogP contribution in [-0.4, -0.2) is 11.7 Å². The van der Waals surface area contributed by atoms with Crippen LogP contribution in [0.3, 0.4) is 0 Å². The van der Waals surface area contributed by atoms with Crippen molar-refractivity contribution in [2.75, 3.05) is 6.54 Å². The highest BCUT2D eigenvalue weighted by molar-refractivity contribution is 5.59. The molecule has 2 aromatic rings. The van der Waals surface area contributed by atoms with Crippen LogP contribution in [0.15, 0.2) is 36.9 Å². The third-order valence-corrected chi connectivity index (χ3v) is 3.89. The maximum atomic E-state index is 14.1. The van der Waals surface area contributed by atoms with Gasteiger partial charge < -0.3 is 10.4 Å². The molecule has 0 saturated carbocycles. The lowest BCUT2D eigenvalue weighted by atomic mass is 9.87. The summed E-state index contributed by atoms with van der Waals surface area (Å²) in [5.41, 5.74) is 2.73. The molecule has 2 nitrogen and oxygen atoms in total. The van der Waals surface area contributed by atoms with Crippen LogP contribution in [0.5, 0.6) is 5.75 Å². The largest absolute Gasteiger partial charge is 0.503 e. The standard InChI is InChI=1S/C17H15F2NO/c1-2-11-13(9-14(18)17(21)15(11)19)16-12-6-4-3-5-10(12)7-8-20-16/h2-6,9,16,20-21H,1,7-8H2. The minimum Gasteiger partial charge on any atom is -0.503 e. The van der Waals surface area contributed by atoms with Gasteiger partial charge in [0.2, 0.25) is 0 Å². The van der Waals surface area contributed by atoms with Crippen molar-refractivity contribution in [1.29, 1.82) is 0 Å². The van der Waals surface area contributed by atoms with Gasteiger partial charge in [-0.3, -0.25) is 0 Å². The van der Waals surface area contributed by atoms with E-state index >= 15 is 0 Å². The van der Waals surface area contributed by atoms with E-state index in [0.717, 1.165) is 24.1 Å². The van der Waals surface area contributed by atoms with Crippen molar-refractivity contribution in [3.8, 4) is 5.75 Å². The molecule has 0 saturated heterocycles. The molecule has 0 fully saturated rings. The first-order valence-corrected chi connectivity index (χ1v) is 6.78. The number of rotatable bonds is 2. The van der Waals surface area contributed by atoms with Gasteiger partial charge in [-0.2, -0.15) is 0 Å². The molecule has 1 unspecified atom stereocenters. The lowest BCUT2D eigenvalue weighted by molar-refractivity contribution is 0.393. The van der Waals surface area contributed by atoms with Crippen molar-refractivity contribution in [2.45, 2.75) is 12.5 Å². The van der Waals surface area contributed by atoms with Crippen LogP contribution >= 0.6 is 0 Å². The molecule has 0 spiro atoms. The van der Waals surface area contributed by atoms with Gasteiger partial charge >= 0.3 is 0 Å². The molecule has 0 radical (unpaired) electrons. The number of phenols is 1. The minimum atomic E-state index is -0.968. The lowest BCUT2D eigenvalue weighted by Gasteiger charge is -2.28. The molecule has 1 aliphatic heterocycles. The summed E-state index contributed by atoms with van der Waals surface area (Å²) >= 11 is 0. The average Bonchev–Trinajstić information content (AvgIpc) is 2.52. The Morgan fingerprint density at radius 1 is 1.24 bits per heavy atom. The molecule has 1 atom stereocenters. The molecular weight excluding hydrogens is 272 g/mol. The van der Waals surface area contributed by atoms with E-state index in [1.54, 1.807) is 0 Å². The van der Waals surface area contributed by atoms with E-state index in [9.17, 15) is 13.9 Å². The first-order valence-electron chi connectivity index (χ1n) is 6.78. The molecule has 2 aromatic carbocycles. The SMILES string of the molecule is C=Cc1c(C2NCCc3ccccc32)cc(F)c(O)c1F. The van der Waals surface area contributed by atoms with Crippen molar-refractivity contribution in [2.24, 2.45) is 0 Å². The number of hydrogen-bond donors (Lipinski definition) is 2. The van der Waals surface area contributed by atoms with Crippen LogP contribution in [0.2, 0.25) is 0 Å². The van der Waals surface area contributed by atoms with Crippen molar-refractivity contribution in [3.63, 3.8) is 0 Å². The molecule has 0 aromatic heterocycles. The molecule has 1 aliphatic rings. The van der Waals surface area contributed by atoms with E-state index in [4.69, 9.17) is 0 Å². The monoisotopic (exact) mass is 287 g/mol. The van der Waals surface area contributed by atoms with Gasteiger partial charge in [-0.1, -0.05) is 36.9 Å². The van der Waals surface area contributed by atoms with Crippen LogP contribution in [0, 0.1) is 11.6 Å². The fraction of sp³-hybridized carbons (Fsp3) is 0.176. The van der Waals surface area contributed by atoms with Gasteiger partial charge in [0, 0.05) is 12.1 Å².